The number of ether oxygens (including phenoxy) is 1. The molecule has 9 heteroatoms. The van der Waals surface area contributed by atoms with E-state index < -0.39 is 44.9 Å². The van der Waals surface area contributed by atoms with Gasteiger partial charge in [-0.25, -0.2) is 0 Å². The van der Waals surface area contributed by atoms with E-state index in [2.05, 4.69) is 4.52 Å². The predicted molar refractivity (Wildman–Crippen MR) is 55.2 cm³/mol. The Labute approximate surface area is 97.9 Å². The Kier molecular flexibility index (Phi) is 5.06. The van der Waals surface area contributed by atoms with Crippen LogP contribution in [-0.2, 0) is 13.8 Å². The summed E-state index contributed by atoms with van der Waals surface area (Å²) in [7, 11) is -3.92. The molecule has 2 unspecified atom stereocenters. The fraction of sp³-hybridized carbons (Fsp3) is 1.00. The summed E-state index contributed by atoms with van der Waals surface area (Å²) in [5.41, 5.74) is 0. The molecule has 5 N–H and O–H groups in total. The van der Waals surface area contributed by atoms with Crippen molar-refractivity contribution in [1.82, 2.24) is 0 Å². The lowest BCUT2D eigenvalue weighted by atomic mass is 10.00. The van der Waals surface area contributed by atoms with Crippen LogP contribution in [-0.4, -0.2) is 68.8 Å². The molecule has 1 aliphatic rings. The van der Waals surface area contributed by atoms with E-state index in [0.717, 1.165) is 0 Å². The van der Waals surface area contributed by atoms with Crippen molar-refractivity contribution >= 4 is 7.60 Å². The van der Waals surface area contributed by atoms with Crippen LogP contribution in [0.2, 0.25) is 0 Å². The minimum absolute atomic E-state index is 0.192. The molecule has 1 aliphatic heterocycles. The second-order valence-corrected chi connectivity index (χ2v) is 5.87. The molecule has 17 heavy (non-hydrogen) atoms. The van der Waals surface area contributed by atoms with E-state index in [1.165, 1.54) is 6.92 Å². The zero-order valence-corrected chi connectivity index (χ0v) is 10.1. The second kappa shape index (κ2) is 5.73. The first-order valence-electron chi connectivity index (χ1n) is 5.13. The highest BCUT2D eigenvalue weighted by Crippen LogP contribution is 2.44. The SMILES string of the molecule is CCP(=O)(O)OC1O[C@H](CO)[C@H](O)[C@H](O)[C@H]1O. The van der Waals surface area contributed by atoms with E-state index in [1.54, 1.807) is 0 Å². The van der Waals surface area contributed by atoms with Gasteiger partial charge in [-0.3, -0.25) is 9.09 Å². The summed E-state index contributed by atoms with van der Waals surface area (Å²) in [6.07, 6.45) is -7.73. The molecule has 1 fully saturated rings. The zero-order chi connectivity index (χ0) is 13.2. The van der Waals surface area contributed by atoms with Crippen LogP contribution < -0.4 is 0 Å². The van der Waals surface area contributed by atoms with Gasteiger partial charge in [0.15, 0.2) is 6.29 Å². The van der Waals surface area contributed by atoms with Crippen LogP contribution in [0.5, 0.6) is 0 Å². The lowest BCUT2D eigenvalue weighted by Crippen LogP contribution is -2.58. The number of aliphatic hydroxyl groups is 4. The summed E-state index contributed by atoms with van der Waals surface area (Å²) in [4.78, 5) is 9.24. The lowest BCUT2D eigenvalue weighted by molar-refractivity contribution is -0.278. The maximum Gasteiger partial charge on any atom is 0.330 e. The third-order valence-corrected chi connectivity index (χ3v) is 3.85. The standard InChI is InChI=1S/C8H17O8P/c1-2-17(13,14)16-8-7(12)6(11)5(10)4(3-9)15-8/h4-12H,2-3H2,1H3,(H,13,14)/t4-,5+,6+,7-,8?/m1/s1. The van der Waals surface area contributed by atoms with Gasteiger partial charge in [0.25, 0.3) is 0 Å². The van der Waals surface area contributed by atoms with Crippen LogP contribution in [0.15, 0.2) is 0 Å². The van der Waals surface area contributed by atoms with E-state index >= 15 is 0 Å². The van der Waals surface area contributed by atoms with E-state index in [1.807, 2.05) is 0 Å². The molecule has 102 valence electrons. The van der Waals surface area contributed by atoms with Gasteiger partial charge >= 0.3 is 7.60 Å². The second-order valence-electron chi connectivity index (χ2n) is 3.76. The average Bonchev–Trinajstić information content (AvgIpc) is 2.30. The van der Waals surface area contributed by atoms with Crippen LogP contribution in [0.25, 0.3) is 0 Å². The molecule has 6 atom stereocenters. The molecule has 1 rings (SSSR count). The van der Waals surface area contributed by atoms with E-state index in [9.17, 15) is 24.8 Å². The van der Waals surface area contributed by atoms with Gasteiger partial charge in [-0.2, -0.15) is 0 Å². The fourth-order valence-electron chi connectivity index (χ4n) is 1.39. The molecule has 0 radical (unpaired) electrons. The Morgan fingerprint density at radius 2 is 1.82 bits per heavy atom. The first-order valence-corrected chi connectivity index (χ1v) is 6.89. The summed E-state index contributed by atoms with van der Waals surface area (Å²) < 4.78 is 20.9. The van der Waals surface area contributed by atoms with Crippen molar-refractivity contribution < 1.29 is 39.1 Å². The molecule has 0 saturated carbocycles. The van der Waals surface area contributed by atoms with Gasteiger partial charge < -0.3 is 30.1 Å². The monoisotopic (exact) mass is 272 g/mol. The quantitative estimate of drug-likeness (QED) is 0.371. The molecule has 0 aromatic carbocycles. The van der Waals surface area contributed by atoms with Gasteiger partial charge in [-0.05, 0) is 0 Å². The zero-order valence-electron chi connectivity index (χ0n) is 9.21. The summed E-state index contributed by atoms with van der Waals surface area (Å²) >= 11 is 0. The van der Waals surface area contributed by atoms with Gasteiger partial charge in [-0.1, -0.05) is 6.92 Å². The minimum atomic E-state index is -3.92. The maximum atomic E-state index is 11.3. The summed E-state index contributed by atoms with van der Waals surface area (Å²) in [6.45, 7) is 0.789. The third kappa shape index (κ3) is 3.46. The molecule has 0 aromatic rings. The lowest BCUT2D eigenvalue weighted by Gasteiger charge is -2.39. The summed E-state index contributed by atoms with van der Waals surface area (Å²) in [6, 6.07) is 0. The molecule has 0 bridgehead atoms. The molecular weight excluding hydrogens is 255 g/mol. The summed E-state index contributed by atoms with van der Waals surface area (Å²) in [5.74, 6) is 0. The van der Waals surface area contributed by atoms with Gasteiger partial charge in [0.2, 0.25) is 0 Å². The van der Waals surface area contributed by atoms with Crippen molar-refractivity contribution in [2.24, 2.45) is 0 Å². The number of hydrogen-bond acceptors (Lipinski definition) is 7. The van der Waals surface area contributed by atoms with Crippen LogP contribution >= 0.6 is 7.60 Å². The number of aliphatic hydroxyl groups excluding tert-OH is 4. The Hall–Kier alpha value is -0.0500. The van der Waals surface area contributed by atoms with Gasteiger partial charge in [0.05, 0.1) is 6.61 Å². The smallest absolute Gasteiger partial charge is 0.330 e. The van der Waals surface area contributed by atoms with E-state index in [0.29, 0.717) is 0 Å². The predicted octanol–water partition coefficient (Wildman–Crippen LogP) is -1.99. The molecular formula is C8H17O8P. The highest BCUT2D eigenvalue weighted by atomic mass is 31.2. The first-order chi connectivity index (χ1) is 7.82. The largest absolute Gasteiger partial charge is 0.394 e. The Balaban J connectivity index is 2.75. The Morgan fingerprint density at radius 1 is 1.24 bits per heavy atom. The fourth-order valence-corrected chi connectivity index (χ4v) is 2.04. The first kappa shape index (κ1) is 15.0. The van der Waals surface area contributed by atoms with Crippen LogP contribution in [0.4, 0.5) is 0 Å². The molecule has 0 aromatic heterocycles. The van der Waals surface area contributed by atoms with Crippen molar-refractivity contribution in [1.29, 1.82) is 0 Å². The average molecular weight is 272 g/mol. The molecule has 8 nitrogen and oxygen atoms in total. The molecule has 0 aliphatic carbocycles. The highest BCUT2D eigenvalue weighted by molar-refractivity contribution is 7.52. The third-order valence-electron chi connectivity index (χ3n) is 2.52. The van der Waals surface area contributed by atoms with Crippen molar-refractivity contribution in [2.75, 3.05) is 12.8 Å². The molecule has 1 heterocycles. The number of rotatable bonds is 4. The van der Waals surface area contributed by atoms with Crippen molar-refractivity contribution in [3.05, 3.63) is 0 Å². The Bertz CT molecular complexity index is 295. The topological polar surface area (TPSA) is 137 Å². The molecule has 1 saturated heterocycles. The summed E-state index contributed by atoms with van der Waals surface area (Å²) in [5, 5.41) is 37.2. The number of hydrogen-bond donors (Lipinski definition) is 5. The van der Waals surface area contributed by atoms with Gasteiger partial charge in [-0.15, -0.1) is 0 Å². The molecule has 0 amide bonds. The highest BCUT2D eigenvalue weighted by Gasteiger charge is 2.45. The van der Waals surface area contributed by atoms with Gasteiger partial charge in [0, 0.05) is 6.16 Å². The minimum Gasteiger partial charge on any atom is -0.394 e. The van der Waals surface area contributed by atoms with Crippen molar-refractivity contribution in [3.8, 4) is 0 Å². The van der Waals surface area contributed by atoms with Crippen LogP contribution in [0.3, 0.4) is 0 Å². The van der Waals surface area contributed by atoms with Gasteiger partial charge in [0.1, 0.15) is 24.4 Å². The van der Waals surface area contributed by atoms with Crippen molar-refractivity contribution in [2.45, 2.75) is 37.6 Å². The van der Waals surface area contributed by atoms with Crippen LogP contribution in [0.1, 0.15) is 6.92 Å². The molecule has 0 spiro atoms. The van der Waals surface area contributed by atoms with Crippen molar-refractivity contribution in [3.63, 3.8) is 0 Å². The maximum absolute atomic E-state index is 11.3. The Morgan fingerprint density at radius 3 is 2.29 bits per heavy atom. The van der Waals surface area contributed by atoms with E-state index in [4.69, 9.17) is 9.84 Å². The normalized spacial score (nSPS) is 42.1. The van der Waals surface area contributed by atoms with Crippen LogP contribution in [0, 0.1) is 0 Å². The van der Waals surface area contributed by atoms with E-state index in [-0.39, 0.29) is 6.16 Å².